The first kappa shape index (κ1) is 13.1. The van der Waals surface area contributed by atoms with Gasteiger partial charge < -0.3 is 10.6 Å². The fraction of sp³-hybridized carbons (Fsp3) is 0.357. The first-order valence-electron chi connectivity index (χ1n) is 6.15. The Kier molecular flexibility index (Phi) is 4.73. The summed E-state index contributed by atoms with van der Waals surface area (Å²) in [6, 6.07) is 8.22. The molecule has 0 aliphatic heterocycles. The Morgan fingerprint density at radius 1 is 1.22 bits per heavy atom. The zero-order chi connectivity index (χ0) is 12.8. The Morgan fingerprint density at radius 2 is 2.06 bits per heavy atom. The summed E-state index contributed by atoms with van der Waals surface area (Å²) in [6.45, 7) is 2.12. The van der Waals surface area contributed by atoms with E-state index in [1.54, 1.807) is 6.20 Å². The molecule has 0 atom stereocenters. The van der Waals surface area contributed by atoms with E-state index >= 15 is 0 Å². The Labute approximate surface area is 112 Å². The highest BCUT2D eigenvalue weighted by Gasteiger charge is 2.01. The first-order valence-corrected chi connectivity index (χ1v) is 7.03. The van der Waals surface area contributed by atoms with E-state index in [0.717, 1.165) is 37.3 Å². The molecule has 0 aliphatic carbocycles. The zero-order valence-electron chi connectivity index (χ0n) is 10.7. The average Bonchev–Trinajstić information content (AvgIpc) is 2.89. The lowest BCUT2D eigenvalue weighted by Crippen LogP contribution is -2.23. The van der Waals surface area contributed by atoms with Gasteiger partial charge in [0.05, 0.1) is 11.9 Å². The third-order valence-corrected chi connectivity index (χ3v) is 3.85. The molecule has 0 fully saturated rings. The summed E-state index contributed by atoms with van der Waals surface area (Å²) in [5.41, 5.74) is 7.44. The van der Waals surface area contributed by atoms with E-state index in [2.05, 4.69) is 34.4 Å². The van der Waals surface area contributed by atoms with E-state index in [4.69, 9.17) is 5.73 Å². The van der Waals surface area contributed by atoms with Crippen LogP contribution in [-0.4, -0.2) is 30.0 Å². The van der Waals surface area contributed by atoms with E-state index in [1.165, 1.54) is 4.88 Å². The third-order valence-electron chi connectivity index (χ3n) is 2.92. The molecular formula is C14H19N3S. The van der Waals surface area contributed by atoms with Crippen molar-refractivity contribution >= 4 is 17.0 Å². The number of likely N-dealkylation sites (N-methyl/N-ethyl adjacent to an activating group) is 1. The van der Waals surface area contributed by atoms with Crippen molar-refractivity contribution in [3.63, 3.8) is 0 Å². The summed E-state index contributed by atoms with van der Waals surface area (Å²) >= 11 is 1.83. The summed E-state index contributed by atoms with van der Waals surface area (Å²) in [5, 5.41) is 2.13. The van der Waals surface area contributed by atoms with E-state index < -0.39 is 0 Å². The van der Waals surface area contributed by atoms with Gasteiger partial charge in [-0.2, -0.15) is 0 Å². The van der Waals surface area contributed by atoms with Crippen molar-refractivity contribution in [1.82, 2.24) is 9.88 Å². The largest absolute Gasteiger partial charge is 0.397 e. The first-order chi connectivity index (χ1) is 8.74. The van der Waals surface area contributed by atoms with Crippen LogP contribution in [0.2, 0.25) is 0 Å². The SMILES string of the molecule is CN(CCc1ccc(N)cn1)CCc1cccs1. The van der Waals surface area contributed by atoms with E-state index in [0.29, 0.717) is 0 Å². The van der Waals surface area contributed by atoms with Crippen molar-refractivity contribution in [2.75, 3.05) is 25.9 Å². The molecule has 0 bridgehead atoms. The second kappa shape index (κ2) is 6.52. The summed E-state index contributed by atoms with van der Waals surface area (Å²) in [5.74, 6) is 0. The molecule has 0 aliphatic rings. The van der Waals surface area contributed by atoms with Crippen LogP contribution in [0.4, 0.5) is 5.69 Å². The maximum Gasteiger partial charge on any atom is 0.0501 e. The van der Waals surface area contributed by atoms with Crippen molar-refractivity contribution in [2.24, 2.45) is 0 Å². The topological polar surface area (TPSA) is 42.1 Å². The van der Waals surface area contributed by atoms with Crippen LogP contribution < -0.4 is 5.73 Å². The number of nitrogens with zero attached hydrogens (tertiary/aromatic N) is 2. The molecule has 2 aromatic heterocycles. The Morgan fingerprint density at radius 3 is 2.72 bits per heavy atom. The molecule has 96 valence electrons. The smallest absolute Gasteiger partial charge is 0.0501 e. The highest BCUT2D eigenvalue weighted by molar-refractivity contribution is 7.09. The predicted octanol–water partition coefficient (Wildman–Crippen LogP) is 2.44. The van der Waals surface area contributed by atoms with Crippen LogP contribution in [0.1, 0.15) is 10.6 Å². The standard InChI is InChI=1S/C14H19N3S/c1-17(9-7-14-3-2-10-18-14)8-6-13-5-4-12(15)11-16-13/h2-5,10-11H,6-9,15H2,1H3. The minimum atomic E-state index is 0.727. The van der Waals surface area contributed by atoms with Gasteiger partial charge in [0.2, 0.25) is 0 Å². The number of nitrogen functional groups attached to an aromatic ring is 1. The number of hydrogen-bond acceptors (Lipinski definition) is 4. The molecule has 2 heterocycles. The summed E-state index contributed by atoms with van der Waals surface area (Å²) in [6.07, 6.45) is 3.82. The van der Waals surface area contributed by atoms with E-state index in [1.807, 2.05) is 23.5 Å². The van der Waals surface area contributed by atoms with Gasteiger partial charge in [-0.15, -0.1) is 11.3 Å². The number of rotatable bonds is 6. The highest BCUT2D eigenvalue weighted by Crippen LogP contribution is 2.09. The van der Waals surface area contributed by atoms with Crippen molar-refractivity contribution in [2.45, 2.75) is 12.8 Å². The Bertz CT molecular complexity index is 450. The summed E-state index contributed by atoms with van der Waals surface area (Å²) in [7, 11) is 2.16. The van der Waals surface area contributed by atoms with Crippen molar-refractivity contribution < 1.29 is 0 Å². The molecule has 0 aromatic carbocycles. The maximum atomic E-state index is 5.61. The number of nitrogens with two attached hydrogens (primary N) is 1. The minimum absolute atomic E-state index is 0.727. The summed E-state index contributed by atoms with van der Waals surface area (Å²) < 4.78 is 0. The molecule has 18 heavy (non-hydrogen) atoms. The van der Waals surface area contributed by atoms with Crippen molar-refractivity contribution in [3.05, 3.63) is 46.4 Å². The van der Waals surface area contributed by atoms with Crippen molar-refractivity contribution in [1.29, 1.82) is 0 Å². The Hall–Kier alpha value is -1.39. The Balaban J connectivity index is 1.71. The van der Waals surface area contributed by atoms with E-state index in [-0.39, 0.29) is 0 Å². The molecule has 3 nitrogen and oxygen atoms in total. The number of anilines is 1. The third kappa shape index (κ3) is 4.13. The van der Waals surface area contributed by atoms with Crippen LogP contribution in [0.15, 0.2) is 35.8 Å². The average molecular weight is 261 g/mol. The van der Waals surface area contributed by atoms with Crippen LogP contribution >= 0.6 is 11.3 Å². The maximum absolute atomic E-state index is 5.61. The minimum Gasteiger partial charge on any atom is -0.397 e. The quantitative estimate of drug-likeness (QED) is 0.868. The molecule has 2 N–H and O–H groups in total. The lowest BCUT2D eigenvalue weighted by Gasteiger charge is -2.15. The monoisotopic (exact) mass is 261 g/mol. The predicted molar refractivity (Wildman–Crippen MR) is 77.9 cm³/mol. The van der Waals surface area contributed by atoms with Gasteiger partial charge >= 0.3 is 0 Å². The van der Waals surface area contributed by atoms with Gasteiger partial charge in [0.1, 0.15) is 0 Å². The molecule has 2 aromatic rings. The lowest BCUT2D eigenvalue weighted by atomic mass is 10.2. The fourth-order valence-corrected chi connectivity index (χ4v) is 2.46. The van der Waals surface area contributed by atoms with Gasteiger partial charge in [0, 0.05) is 30.1 Å². The van der Waals surface area contributed by atoms with Gasteiger partial charge in [0.15, 0.2) is 0 Å². The number of thiophene rings is 1. The van der Waals surface area contributed by atoms with Gasteiger partial charge in [-0.05, 0) is 37.0 Å². The van der Waals surface area contributed by atoms with Gasteiger partial charge in [-0.25, -0.2) is 0 Å². The molecular weight excluding hydrogens is 242 g/mol. The summed E-state index contributed by atoms with van der Waals surface area (Å²) in [4.78, 5) is 8.11. The van der Waals surface area contributed by atoms with Crippen LogP contribution in [0.5, 0.6) is 0 Å². The molecule has 0 radical (unpaired) electrons. The highest BCUT2D eigenvalue weighted by atomic mass is 32.1. The zero-order valence-corrected chi connectivity index (χ0v) is 11.5. The van der Waals surface area contributed by atoms with Gasteiger partial charge in [-0.3, -0.25) is 4.98 Å². The van der Waals surface area contributed by atoms with Crippen LogP contribution in [0.3, 0.4) is 0 Å². The number of hydrogen-bond donors (Lipinski definition) is 1. The molecule has 0 spiro atoms. The van der Waals surface area contributed by atoms with Gasteiger partial charge in [0.25, 0.3) is 0 Å². The number of pyridine rings is 1. The molecule has 4 heteroatoms. The van der Waals surface area contributed by atoms with E-state index in [9.17, 15) is 0 Å². The molecule has 0 saturated heterocycles. The molecule has 0 saturated carbocycles. The molecule has 0 unspecified atom stereocenters. The van der Waals surface area contributed by atoms with Gasteiger partial charge in [-0.1, -0.05) is 6.07 Å². The normalized spacial score (nSPS) is 11.0. The van der Waals surface area contributed by atoms with Crippen molar-refractivity contribution in [3.8, 4) is 0 Å². The van der Waals surface area contributed by atoms with Crippen LogP contribution in [0.25, 0.3) is 0 Å². The molecule has 0 amide bonds. The molecule has 2 rings (SSSR count). The fourth-order valence-electron chi connectivity index (χ4n) is 1.76. The van der Waals surface area contributed by atoms with Crippen LogP contribution in [-0.2, 0) is 12.8 Å². The lowest BCUT2D eigenvalue weighted by molar-refractivity contribution is 0.342. The van der Waals surface area contributed by atoms with Crippen LogP contribution in [0, 0.1) is 0 Å². The second-order valence-electron chi connectivity index (χ2n) is 4.47. The second-order valence-corrected chi connectivity index (χ2v) is 5.50. The number of aromatic nitrogens is 1.